The summed E-state index contributed by atoms with van der Waals surface area (Å²) >= 11 is 0. The first kappa shape index (κ1) is 22.4. The van der Waals surface area contributed by atoms with Gasteiger partial charge in [0.1, 0.15) is 24.4 Å². The molecule has 0 heterocycles. The number of aliphatic hydroxyl groups excluding tert-OH is 5. The normalized spacial score (nSPS) is 16.1. The van der Waals surface area contributed by atoms with E-state index in [4.69, 9.17) is 10.3 Å². The van der Waals surface area contributed by atoms with Crippen LogP contribution in [0.4, 0.5) is 0 Å². The first-order valence-corrected chi connectivity index (χ1v) is 7.69. The Morgan fingerprint density at radius 2 is 1.85 bits per heavy atom. The van der Waals surface area contributed by atoms with Crippen LogP contribution < -0.4 is 10.9 Å². The highest BCUT2D eigenvalue weighted by molar-refractivity contribution is 5.95. The van der Waals surface area contributed by atoms with Gasteiger partial charge in [0, 0.05) is 11.6 Å². The van der Waals surface area contributed by atoms with Gasteiger partial charge in [-0.25, -0.2) is 10.9 Å². The highest BCUT2D eigenvalue weighted by Gasteiger charge is 2.29. The van der Waals surface area contributed by atoms with Crippen LogP contribution in [0.3, 0.4) is 0 Å². The molecule has 4 atom stereocenters. The van der Waals surface area contributed by atoms with Gasteiger partial charge in [-0.15, -0.1) is 0 Å². The van der Waals surface area contributed by atoms with Gasteiger partial charge in [0.05, 0.1) is 12.8 Å². The molecule has 148 valence electrons. The number of aliphatic hydroxyl groups is 5. The largest absolute Gasteiger partial charge is 0.394 e. The molecule has 0 aromatic heterocycles. The molecule has 0 unspecified atom stereocenters. The van der Waals surface area contributed by atoms with E-state index in [2.05, 4.69) is 10.5 Å². The molecule has 0 saturated heterocycles. The first-order valence-electron chi connectivity index (χ1n) is 7.69. The van der Waals surface area contributed by atoms with Crippen LogP contribution in [-0.2, 0) is 4.79 Å². The van der Waals surface area contributed by atoms with E-state index in [1.54, 1.807) is 12.1 Å². The van der Waals surface area contributed by atoms with Crippen molar-refractivity contribution in [3.05, 3.63) is 41.5 Å². The van der Waals surface area contributed by atoms with E-state index in [1.807, 2.05) is 0 Å². The molecule has 0 aliphatic carbocycles. The summed E-state index contributed by atoms with van der Waals surface area (Å²) in [5, 5.41) is 58.4. The number of nitrogens with zero attached hydrogens (tertiary/aromatic N) is 1. The smallest absolute Gasteiger partial charge is 0.271 e. The molecule has 8 N–H and O–H groups in total. The molecule has 1 aromatic rings. The number of nitrogens with one attached hydrogen (secondary N) is 2. The number of benzene rings is 1. The van der Waals surface area contributed by atoms with Crippen molar-refractivity contribution in [1.29, 1.82) is 0 Å². The molecular formula is C16H21N3O8. The van der Waals surface area contributed by atoms with Crippen molar-refractivity contribution < 1.29 is 40.3 Å². The number of hydrazone groups is 1. The van der Waals surface area contributed by atoms with Gasteiger partial charge in [0.25, 0.3) is 11.8 Å². The van der Waals surface area contributed by atoms with E-state index in [-0.39, 0.29) is 5.56 Å². The fourth-order valence-electron chi connectivity index (χ4n) is 1.86. The molecule has 1 aromatic carbocycles. The standard InChI is InChI=1S/C16H21N3O8/c20-8-12(22)15(25)14(24)11(21)7-17-18-16(26)10-3-1-2-9(6-10)4-5-13(23)19-27/h1-7,11-12,14-15,20-22,24-25,27H,8H2,(H,18,26)(H,19,23)/b5-4+,17-7+/t11-,12+,14+,15+/m0/s1. The van der Waals surface area contributed by atoms with E-state index >= 15 is 0 Å². The van der Waals surface area contributed by atoms with E-state index in [1.165, 1.54) is 23.7 Å². The van der Waals surface area contributed by atoms with Crippen LogP contribution >= 0.6 is 0 Å². The average molecular weight is 383 g/mol. The van der Waals surface area contributed by atoms with Crippen molar-refractivity contribution in [3.63, 3.8) is 0 Å². The van der Waals surface area contributed by atoms with Crippen LogP contribution in [-0.4, -0.2) is 79.8 Å². The Kier molecular flexibility index (Phi) is 9.22. The van der Waals surface area contributed by atoms with Crippen molar-refractivity contribution in [2.45, 2.75) is 24.4 Å². The molecule has 0 spiro atoms. The zero-order valence-electron chi connectivity index (χ0n) is 14.0. The topological polar surface area (TPSA) is 192 Å². The monoisotopic (exact) mass is 383 g/mol. The minimum atomic E-state index is -1.83. The van der Waals surface area contributed by atoms with Crippen LogP contribution in [0.1, 0.15) is 15.9 Å². The lowest BCUT2D eigenvalue weighted by Crippen LogP contribution is -2.46. The Balaban J connectivity index is 2.67. The Morgan fingerprint density at radius 3 is 2.48 bits per heavy atom. The van der Waals surface area contributed by atoms with Gasteiger partial charge in [-0.3, -0.25) is 14.8 Å². The van der Waals surface area contributed by atoms with Gasteiger partial charge in [0.2, 0.25) is 0 Å². The van der Waals surface area contributed by atoms with E-state index in [9.17, 15) is 30.0 Å². The van der Waals surface area contributed by atoms with Gasteiger partial charge in [-0.2, -0.15) is 5.10 Å². The lowest BCUT2D eigenvalue weighted by Gasteiger charge is -2.23. The summed E-state index contributed by atoms with van der Waals surface area (Å²) in [5.74, 6) is -1.40. The summed E-state index contributed by atoms with van der Waals surface area (Å²) in [7, 11) is 0. The second kappa shape index (κ2) is 11.1. The Morgan fingerprint density at radius 1 is 1.15 bits per heavy atom. The SMILES string of the molecule is O=C(/C=C/c1cccc(C(=O)N/N=C/[C@H](O)[C@@H](O)[C@H](O)[C@H](O)CO)c1)NO. The molecule has 2 amide bonds. The van der Waals surface area contributed by atoms with Crippen LogP contribution in [0.5, 0.6) is 0 Å². The lowest BCUT2D eigenvalue weighted by molar-refractivity contribution is -0.124. The van der Waals surface area contributed by atoms with Gasteiger partial charge in [0.15, 0.2) is 0 Å². The van der Waals surface area contributed by atoms with Crippen molar-refractivity contribution in [2.75, 3.05) is 6.61 Å². The second-order valence-corrected chi connectivity index (χ2v) is 5.38. The third kappa shape index (κ3) is 7.22. The van der Waals surface area contributed by atoms with E-state index < -0.39 is 42.8 Å². The summed E-state index contributed by atoms with van der Waals surface area (Å²) < 4.78 is 0. The number of carbonyl (C=O) groups is 2. The molecule has 0 saturated carbocycles. The highest BCUT2D eigenvalue weighted by Crippen LogP contribution is 2.07. The van der Waals surface area contributed by atoms with Crippen LogP contribution in [0.2, 0.25) is 0 Å². The van der Waals surface area contributed by atoms with Gasteiger partial charge in [-0.05, 0) is 23.8 Å². The molecule has 1 rings (SSSR count). The number of hydroxylamine groups is 1. The lowest BCUT2D eigenvalue weighted by atomic mass is 10.0. The predicted octanol–water partition coefficient (Wildman–Crippen LogP) is -2.64. The third-order valence-electron chi connectivity index (χ3n) is 3.36. The van der Waals surface area contributed by atoms with E-state index in [0.29, 0.717) is 5.56 Å². The van der Waals surface area contributed by atoms with Gasteiger partial charge >= 0.3 is 0 Å². The second-order valence-electron chi connectivity index (χ2n) is 5.38. The molecule has 0 radical (unpaired) electrons. The Labute approximate surface area is 153 Å². The number of hydrogen-bond donors (Lipinski definition) is 8. The summed E-state index contributed by atoms with van der Waals surface area (Å²) in [6, 6.07) is 6.04. The van der Waals surface area contributed by atoms with Crippen LogP contribution in [0.15, 0.2) is 35.4 Å². The van der Waals surface area contributed by atoms with Gasteiger partial charge in [-0.1, -0.05) is 12.1 Å². The van der Waals surface area contributed by atoms with Gasteiger partial charge < -0.3 is 25.5 Å². The average Bonchev–Trinajstić information content (AvgIpc) is 2.69. The molecular weight excluding hydrogens is 362 g/mol. The fraction of sp³-hybridized carbons (Fsp3) is 0.312. The number of amides is 2. The minimum Gasteiger partial charge on any atom is -0.394 e. The Bertz CT molecular complexity index is 694. The molecule has 27 heavy (non-hydrogen) atoms. The number of rotatable bonds is 9. The van der Waals surface area contributed by atoms with Crippen molar-refractivity contribution in [3.8, 4) is 0 Å². The van der Waals surface area contributed by atoms with Crippen LogP contribution in [0, 0.1) is 0 Å². The molecule has 11 nitrogen and oxygen atoms in total. The molecule has 0 aliphatic heterocycles. The Hall–Kier alpha value is -2.67. The number of carbonyl (C=O) groups excluding carboxylic acids is 2. The zero-order valence-corrected chi connectivity index (χ0v) is 14.0. The molecule has 11 heteroatoms. The summed E-state index contributed by atoms with van der Waals surface area (Å²) in [6.07, 6.45) is -3.86. The van der Waals surface area contributed by atoms with Crippen molar-refractivity contribution in [2.24, 2.45) is 5.10 Å². The summed E-state index contributed by atoms with van der Waals surface area (Å²) in [5.41, 5.74) is 4.18. The zero-order chi connectivity index (χ0) is 20.4. The summed E-state index contributed by atoms with van der Waals surface area (Å²) in [6.45, 7) is -0.816. The number of hydrogen-bond acceptors (Lipinski definition) is 9. The summed E-state index contributed by atoms with van der Waals surface area (Å²) in [4.78, 5) is 22.9. The maximum atomic E-state index is 12.0. The minimum absolute atomic E-state index is 0.171. The predicted molar refractivity (Wildman–Crippen MR) is 92.5 cm³/mol. The van der Waals surface area contributed by atoms with E-state index in [0.717, 1.165) is 12.3 Å². The highest BCUT2D eigenvalue weighted by atomic mass is 16.5. The third-order valence-corrected chi connectivity index (χ3v) is 3.36. The maximum Gasteiger partial charge on any atom is 0.271 e. The molecule has 0 fully saturated rings. The fourth-order valence-corrected chi connectivity index (χ4v) is 1.86. The molecule has 0 bridgehead atoms. The van der Waals surface area contributed by atoms with Crippen LogP contribution in [0.25, 0.3) is 6.08 Å². The quantitative estimate of drug-likeness (QED) is 0.0981. The van der Waals surface area contributed by atoms with Crippen molar-refractivity contribution in [1.82, 2.24) is 10.9 Å². The molecule has 0 aliphatic rings. The first-order chi connectivity index (χ1) is 12.8. The maximum absolute atomic E-state index is 12.0. The van der Waals surface area contributed by atoms with Crippen molar-refractivity contribution >= 4 is 24.1 Å².